The first-order valence-corrected chi connectivity index (χ1v) is 6.61. The van der Waals surface area contributed by atoms with E-state index in [0.29, 0.717) is 12.5 Å². The van der Waals surface area contributed by atoms with E-state index >= 15 is 0 Å². The van der Waals surface area contributed by atoms with E-state index in [-0.39, 0.29) is 0 Å². The van der Waals surface area contributed by atoms with Crippen molar-refractivity contribution in [3.8, 4) is 0 Å². The molecule has 2 aliphatic rings. The van der Waals surface area contributed by atoms with Crippen molar-refractivity contribution in [2.45, 2.75) is 31.8 Å². The van der Waals surface area contributed by atoms with E-state index in [9.17, 15) is 0 Å². The molecule has 0 spiro atoms. The van der Waals surface area contributed by atoms with Crippen molar-refractivity contribution in [2.24, 2.45) is 0 Å². The minimum atomic E-state index is 0.346. The second-order valence-electron chi connectivity index (χ2n) is 4.82. The van der Waals surface area contributed by atoms with E-state index in [2.05, 4.69) is 10.3 Å². The van der Waals surface area contributed by atoms with Gasteiger partial charge in [-0.15, -0.1) is 0 Å². The largest absolute Gasteiger partial charge is 0.381 e. The van der Waals surface area contributed by atoms with E-state index in [4.69, 9.17) is 14.5 Å². The molecule has 1 saturated heterocycles. The highest BCUT2D eigenvalue weighted by Gasteiger charge is 2.23. The number of aromatic nitrogens is 2. The number of rotatable bonds is 2. The first kappa shape index (κ1) is 11.9. The second-order valence-corrected chi connectivity index (χ2v) is 4.82. The number of nitrogens with one attached hydrogen (secondary N) is 1. The predicted molar refractivity (Wildman–Crippen MR) is 67.7 cm³/mol. The second kappa shape index (κ2) is 5.20. The van der Waals surface area contributed by atoms with Crippen LogP contribution in [-0.4, -0.2) is 36.8 Å². The smallest absolute Gasteiger partial charge is 0.136 e. The van der Waals surface area contributed by atoms with Gasteiger partial charge in [0.1, 0.15) is 11.6 Å². The third-order valence-corrected chi connectivity index (χ3v) is 3.60. The lowest BCUT2D eigenvalue weighted by molar-refractivity contribution is 0.0774. The molecule has 98 valence electrons. The highest BCUT2D eigenvalue weighted by atomic mass is 16.5. The van der Waals surface area contributed by atoms with E-state index < -0.39 is 0 Å². The maximum absolute atomic E-state index is 5.53. The minimum absolute atomic E-state index is 0.346. The van der Waals surface area contributed by atoms with Crippen LogP contribution in [0.2, 0.25) is 0 Å². The van der Waals surface area contributed by atoms with Gasteiger partial charge in [0.2, 0.25) is 0 Å². The highest BCUT2D eigenvalue weighted by Crippen LogP contribution is 2.28. The third kappa shape index (κ3) is 2.20. The molecular formula is C13H19N3O2. The van der Waals surface area contributed by atoms with Gasteiger partial charge < -0.3 is 14.8 Å². The molecule has 1 fully saturated rings. The minimum Gasteiger partial charge on any atom is -0.381 e. The van der Waals surface area contributed by atoms with Crippen molar-refractivity contribution in [3.63, 3.8) is 0 Å². The van der Waals surface area contributed by atoms with Crippen LogP contribution in [0, 0.1) is 0 Å². The summed E-state index contributed by atoms with van der Waals surface area (Å²) in [6, 6.07) is 0. The molecule has 3 heterocycles. The van der Waals surface area contributed by atoms with Gasteiger partial charge in [0.25, 0.3) is 0 Å². The SMILES string of the molecule is CNc1nc(C2CCCOC2)nc2c1COCC2. The molecule has 0 radical (unpaired) electrons. The van der Waals surface area contributed by atoms with Gasteiger partial charge in [-0.1, -0.05) is 0 Å². The summed E-state index contributed by atoms with van der Waals surface area (Å²) in [5.41, 5.74) is 2.26. The zero-order valence-corrected chi connectivity index (χ0v) is 10.7. The zero-order valence-electron chi connectivity index (χ0n) is 10.7. The normalized spacial score (nSPS) is 23.5. The molecule has 0 saturated carbocycles. The number of nitrogens with zero attached hydrogens (tertiary/aromatic N) is 2. The topological polar surface area (TPSA) is 56.3 Å². The molecule has 0 aromatic carbocycles. The van der Waals surface area contributed by atoms with Crippen molar-refractivity contribution in [1.82, 2.24) is 9.97 Å². The molecule has 0 bridgehead atoms. The summed E-state index contributed by atoms with van der Waals surface area (Å²) in [6.45, 7) is 2.99. The standard InChI is InChI=1S/C13H19N3O2/c1-14-13-10-8-18-6-4-11(10)15-12(16-13)9-3-2-5-17-7-9/h9H,2-8H2,1H3,(H,14,15,16). The first-order valence-electron chi connectivity index (χ1n) is 6.61. The van der Waals surface area contributed by atoms with Gasteiger partial charge in [-0.2, -0.15) is 0 Å². The summed E-state index contributed by atoms with van der Waals surface area (Å²) in [7, 11) is 1.90. The van der Waals surface area contributed by atoms with Crippen LogP contribution in [0.4, 0.5) is 5.82 Å². The molecule has 0 aliphatic carbocycles. The summed E-state index contributed by atoms with van der Waals surface area (Å²) in [5, 5.41) is 3.16. The van der Waals surface area contributed by atoms with Crippen molar-refractivity contribution >= 4 is 5.82 Å². The maximum Gasteiger partial charge on any atom is 0.136 e. The summed E-state index contributed by atoms with van der Waals surface area (Å²) >= 11 is 0. The Morgan fingerprint density at radius 2 is 2.17 bits per heavy atom. The van der Waals surface area contributed by atoms with Gasteiger partial charge in [-0.3, -0.25) is 0 Å². The number of hydrogen-bond donors (Lipinski definition) is 1. The molecule has 18 heavy (non-hydrogen) atoms. The summed E-state index contributed by atoms with van der Waals surface area (Å²) in [6.07, 6.45) is 3.11. The molecule has 1 atom stereocenters. The number of hydrogen-bond acceptors (Lipinski definition) is 5. The van der Waals surface area contributed by atoms with Crippen LogP contribution < -0.4 is 5.32 Å². The Morgan fingerprint density at radius 1 is 1.22 bits per heavy atom. The average Bonchev–Trinajstić information content (AvgIpc) is 2.47. The lowest BCUT2D eigenvalue weighted by Crippen LogP contribution is -2.22. The van der Waals surface area contributed by atoms with Gasteiger partial charge in [0.05, 0.1) is 25.5 Å². The van der Waals surface area contributed by atoms with Crippen LogP contribution in [0.5, 0.6) is 0 Å². The lowest BCUT2D eigenvalue weighted by Gasteiger charge is -2.24. The van der Waals surface area contributed by atoms with Gasteiger partial charge in [-0.25, -0.2) is 9.97 Å². The van der Waals surface area contributed by atoms with Crippen LogP contribution in [-0.2, 0) is 22.5 Å². The van der Waals surface area contributed by atoms with Crippen LogP contribution >= 0.6 is 0 Å². The Morgan fingerprint density at radius 3 is 2.94 bits per heavy atom. The summed E-state index contributed by atoms with van der Waals surface area (Å²) in [5.74, 6) is 2.19. The fourth-order valence-electron chi connectivity index (χ4n) is 2.58. The Hall–Kier alpha value is -1.20. The molecule has 1 aromatic heterocycles. The van der Waals surface area contributed by atoms with E-state index in [0.717, 1.165) is 62.0 Å². The summed E-state index contributed by atoms with van der Waals surface area (Å²) < 4.78 is 11.0. The van der Waals surface area contributed by atoms with Crippen molar-refractivity contribution in [1.29, 1.82) is 0 Å². The molecule has 0 amide bonds. The van der Waals surface area contributed by atoms with Gasteiger partial charge in [0, 0.05) is 31.6 Å². The molecule has 1 unspecified atom stereocenters. The molecule has 1 N–H and O–H groups in total. The molecule has 5 nitrogen and oxygen atoms in total. The fraction of sp³-hybridized carbons (Fsp3) is 0.692. The van der Waals surface area contributed by atoms with Crippen molar-refractivity contribution in [3.05, 3.63) is 17.1 Å². The molecular weight excluding hydrogens is 230 g/mol. The number of anilines is 1. The number of ether oxygens (including phenoxy) is 2. The molecule has 1 aromatic rings. The number of fused-ring (bicyclic) bond motifs is 1. The Bertz CT molecular complexity index is 413. The van der Waals surface area contributed by atoms with Crippen LogP contribution in [0.3, 0.4) is 0 Å². The predicted octanol–water partition coefficient (Wildman–Crippen LogP) is 1.48. The quantitative estimate of drug-likeness (QED) is 0.860. The highest BCUT2D eigenvalue weighted by molar-refractivity contribution is 5.47. The maximum atomic E-state index is 5.53. The van der Waals surface area contributed by atoms with Crippen LogP contribution in [0.25, 0.3) is 0 Å². The van der Waals surface area contributed by atoms with Crippen molar-refractivity contribution in [2.75, 3.05) is 32.2 Å². The van der Waals surface area contributed by atoms with Crippen LogP contribution in [0.15, 0.2) is 0 Å². The molecule has 2 aliphatic heterocycles. The summed E-state index contributed by atoms with van der Waals surface area (Å²) in [4.78, 5) is 9.38. The van der Waals surface area contributed by atoms with E-state index in [1.807, 2.05) is 7.05 Å². The average molecular weight is 249 g/mol. The van der Waals surface area contributed by atoms with Gasteiger partial charge >= 0.3 is 0 Å². The molecule has 3 rings (SSSR count). The third-order valence-electron chi connectivity index (χ3n) is 3.60. The van der Waals surface area contributed by atoms with Crippen molar-refractivity contribution < 1.29 is 9.47 Å². The molecule has 5 heteroatoms. The van der Waals surface area contributed by atoms with E-state index in [1.54, 1.807) is 0 Å². The first-order chi connectivity index (χ1) is 8.88. The zero-order chi connectivity index (χ0) is 12.4. The Labute approximate surface area is 107 Å². The monoisotopic (exact) mass is 249 g/mol. The van der Waals surface area contributed by atoms with E-state index in [1.165, 1.54) is 0 Å². The fourth-order valence-corrected chi connectivity index (χ4v) is 2.58. The van der Waals surface area contributed by atoms with Gasteiger partial charge in [0.15, 0.2) is 0 Å². The Balaban J connectivity index is 1.94. The van der Waals surface area contributed by atoms with Gasteiger partial charge in [-0.05, 0) is 12.8 Å². The van der Waals surface area contributed by atoms with Crippen LogP contribution in [0.1, 0.15) is 35.8 Å². The lowest BCUT2D eigenvalue weighted by atomic mass is 10.0. The Kier molecular flexibility index (Phi) is 3.43.